The minimum Gasteiger partial charge on any atom is -0.355 e. The van der Waals surface area contributed by atoms with Crippen LogP contribution in [0.25, 0.3) is 0 Å². The Balaban J connectivity index is 1.59. The lowest BCUT2D eigenvalue weighted by molar-refractivity contribution is -0.122. The first-order chi connectivity index (χ1) is 11.5. The molecule has 3 rings (SSSR count). The smallest absolute Gasteiger partial charge is 0.227 e. The fourth-order valence-corrected chi connectivity index (χ4v) is 4.18. The predicted octanol–water partition coefficient (Wildman–Crippen LogP) is 2.45. The molecule has 0 spiro atoms. The van der Waals surface area contributed by atoms with Gasteiger partial charge in [-0.3, -0.25) is 4.79 Å². The quantitative estimate of drug-likeness (QED) is 0.845. The molecule has 0 fully saturated rings. The zero-order valence-corrected chi connectivity index (χ0v) is 13.9. The maximum absolute atomic E-state index is 12.9. The molecule has 0 heterocycles. The lowest BCUT2D eigenvalue weighted by Crippen LogP contribution is -2.32. The van der Waals surface area contributed by atoms with Crippen LogP contribution in [0.3, 0.4) is 0 Å². The van der Waals surface area contributed by atoms with Gasteiger partial charge < -0.3 is 5.32 Å². The Morgan fingerprint density at radius 3 is 2.58 bits per heavy atom. The molecule has 1 N–H and O–H groups in total. The SMILES string of the molecule is O=C(NCCS(=O)(=O)c1ccc(F)cc1)[C@H]1CCc2ccccc21. The van der Waals surface area contributed by atoms with Crippen LogP contribution >= 0.6 is 0 Å². The summed E-state index contributed by atoms with van der Waals surface area (Å²) in [5.41, 5.74) is 2.20. The van der Waals surface area contributed by atoms with E-state index in [0.29, 0.717) is 0 Å². The number of hydrogen-bond donors (Lipinski definition) is 1. The van der Waals surface area contributed by atoms with Crippen molar-refractivity contribution in [1.29, 1.82) is 0 Å². The molecule has 2 aromatic carbocycles. The molecule has 0 saturated carbocycles. The van der Waals surface area contributed by atoms with E-state index in [0.717, 1.165) is 30.5 Å². The van der Waals surface area contributed by atoms with Gasteiger partial charge in [-0.2, -0.15) is 0 Å². The molecule has 1 amide bonds. The van der Waals surface area contributed by atoms with Gasteiger partial charge >= 0.3 is 0 Å². The van der Waals surface area contributed by atoms with Crippen molar-refractivity contribution in [1.82, 2.24) is 5.32 Å². The van der Waals surface area contributed by atoms with Crippen molar-refractivity contribution < 1.29 is 17.6 Å². The summed E-state index contributed by atoms with van der Waals surface area (Å²) in [6.07, 6.45) is 1.61. The van der Waals surface area contributed by atoms with E-state index in [-0.39, 0.29) is 29.0 Å². The standard InChI is InChI=1S/C18H18FNO3S/c19-14-6-8-15(9-7-14)24(22,23)12-11-20-18(21)17-10-5-13-3-1-2-4-16(13)17/h1-4,6-9,17H,5,10-12H2,(H,20,21)/t17-/m0/s1. The number of sulfone groups is 1. The van der Waals surface area contributed by atoms with E-state index >= 15 is 0 Å². The van der Waals surface area contributed by atoms with Crippen LogP contribution in [0.2, 0.25) is 0 Å². The second-order valence-corrected chi connectivity index (χ2v) is 7.96. The summed E-state index contributed by atoms with van der Waals surface area (Å²) in [4.78, 5) is 12.4. The lowest BCUT2D eigenvalue weighted by Gasteiger charge is -2.12. The van der Waals surface area contributed by atoms with Gasteiger partial charge in [-0.1, -0.05) is 24.3 Å². The molecule has 6 heteroatoms. The molecule has 1 aliphatic carbocycles. The summed E-state index contributed by atoms with van der Waals surface area (Å²) in [5.74, 6) is -1.05. The second kappa shape index (κ2) is 6.73. The number of fused-ring (bicyclic) bond motifs is 1. The van der Waals surface area contributed by atoms with Crippen LogP contribution in [-0.4, -0.2) is 26.6 Å². The van der Waals surface area contributed by atoms with Crippen molar-refractivity contribution in [2.24, 2.45) is 0 Å². The van der Waals surface area contributed by atoms with Crippen molar-refractivity contribution in [2.45, 2.75) is 23.7 Å². The van der Waals surface area contributed by atoms with Gasteiger partial charge in [0.2, 0.25) is 5.91 Å². The normalized spacial score (nSPS) is 16.6. The van der Waals surface area contributed by atoms with Crippen molar-refractivity contribution in [3.05, 3.63) is 65.5 Å². The fourth-order valence-electron chi connectivity index (χ4n) is 3.02. The number of hydrogen-bond acceptors (Lipinski definition) is 3. The molecule has 1 atom stereocenters. The van der Waals surface area contributed by atoms with Crippen molar-refractivity contribution in [2.75, 3.05) is 12.3 Å². The fraction of sp³-hybridized carbons (Fsp3) is 0.278. The third-order valence-electron chi connectivity index (χ3n) is 4.29. The zero-order chi connectivity index (χ0) is 17.2. The first-order valence-corrected chi connectivity index (χ1v) is 9.46. The van der Waals surface area contributed by atoms with Crippen LogP contribution in [0.15, 0.2) is 53.4 Å². The number of benzene rings is 2. The van der Waals surface area contributed by atoms with Crippen molar-refractivity contribution in [3.8, 4) is 0 Å². The first-order valence-electron chi connectivity index (χ1n) is 7.81. The van der Waals surface area contributed by atoms with Crippen LogP contribution in [0, 0.1) is 5.82 Å². The van der Waals surface area contributed by atoms with Crippen LogP contribution in [0.5, 0.6) is 0 Å². The summed E-state index contributed by atoms with van der Waals surface area (Å²) in [5, 5.41) is 2.71. The third kappa shape index (κ3) is 3.48. The maximum atomic E-state index is 12.9. The number of amides is 1. The molecule has 0 saturated heterocycles. The summed E-state index contributed by atoms with van der Waals surface area (Å²) < 4.78 is 37.2. The van der Waals surface area contributed by atoms with Gasteiger partial charge in [-0.15, -0.1) is 0 Å². The van der Waals surface area contributed by atoms with Gasteiger partial charge in [0.05, 0.1) is 16.6 Å². The van der Waals surface area contributed by atoms with Crippen LogP contribution in [0.1, 0.15) is 23.5 Å². The Morgan fingerprint density at radius 1 is 1.12 bits per heavy atom. The lowest BCUT2D eigenvalue weighted by atomic mass is 10.0. The highest BCUT2D eigenvalue weighted by molar-refractivity contribution is 7.91. The monoisotopic (exact) mass is 347 g/mol. The zero-order valence-electron chi connectivity index (χ0n) is 13.0. The maximum Gasteiger partial charge on any atom is 0.227 e. The number of nitrogens with one attached hydrogen (secondary N) is 1. The van der Waals surface area contributed by atoms with E-state index in [4.69, 9.17) is 0 Å². The Hall–Kier alpha value is -2.21. The average molecular weight is 347 g/mol. The minimum atomic E-state index is -3.54. The number of carbonyl (C=O) groups excluding carboxylic acids is 1. The molecular weight excluding hydrogens is 329 g/mol. The van der Waals surface area contributed by atoms with Gasteiger partial charge in [0.1, 0.15) is 5.82 Å². The highest BCUT2D eigenvalue weighted by Crippen LogP contribution is 2.32. The number of carbonyl (C=O) groups is 1. The molecule has 0 bridgehead atoms. The van der Waals surface area contributed by atoms with Crippen molar-refractivity contribution in [3.63, 3.8) is 0 Å². The molecular formula is C18H18FNO3S. The summed E-state index contributed by atoms with van der Waals surface area (Å²) in [6.45, 7) is 0.0389. The van der Waals surface area contributed by atoms with E-state index in [1.807, 2.05) is 24.3 Å². The van der Waals surface area contributed by atoms with E-state index in [2.05, 4.69) is 5.32 Å². The van der Waals surface area contributed by atoms with Crippen LogP contribution < -0.4 is 5.32 Å². The largest absolute Gasteiger partial charge is 0.355 e. The number of halogens is 1. The van der Waals surface area contributed by atoms with Gasteiger partial charge in [0.15, 0.2) is 9.84 Å². The third-order valence-corrected chi connectivity index (χ3v) is 6.02. The van der Waals surface area contributed by atoms with Gasteiger partial charge in [-0.05, 0) is 48.2 Å². The van der Waals surface area contributed by atoms with E-state index in [1.165, 1.54) is 17.7 Å². The Bertz CT molecular complexity index is 847. The van der Waals surface area contributed by atoms with Gasteiger partial charge in [0.25, 0.3) is 0 Å². The molecule has 126 valence electrons. The van der Waals surface area contributed by atoms with Crippen molar-refractivity contribution >= 4 is 15.7 Å². The van der Waals surface area contributed by atoms with Crippen LogP contribution in [-0.2, 0) is 21.1 Å². The molecule has 4 nitrogen and oxygen atoms in total. The minimum absolute atomic E-state index is 0.0389. The average Bonchev–Trinajstić information content (AvgIpc) is 2.99. The van der Waals surface area contributed by atoms with E-state index in [9.17, 15) is 17.6 Å². The first kappa shape index (κ1) is 16.6. The van der Waals surface area contributed by atoms with Gasteiger partial charge in [0, 0.05) is 6.54 Å². The summed E-state index contributed by atoms with van der Waals surface area (Å²) >= 11 is 0. The van der Waals surface area contributed by atoms with Crippen LogP contribution in [0.4, 0.5) is 4.39 Å². The highest BCUT2D eigenvalue weighted by atomic mass is 32.2. The van der Waals surface area contributed by atoms with E-state index in [1.54, 1.807) is 0 Å². The molecule has 1 aliphatic rings. The molecule has 0 aromatic heterocycles. The topological polar surface area (TPSA) is 63.2 Å². The molecule has 2 aromatic rings. The highest BCUT2D eigenvalue weighted by Gasteiger charge is 2.28. The molecule has 0 unspecified atom stereocenters. The van der Waals surface area contributed by atoms with E-state index < -0.39 is 15.7 Å². The Kier molecular flexibility index (Phi) is 4.66. The number of rotatable bonds is 5. The Morgan fingerprint density at radius 2 is 1.83 bits per heavy atom. The Labute approximate surface area is 140 Å². The van der Waals surface area contributed by atoms with Gasteiger partial charge in [-0.25, -0.2) is 12.8 Å². The molecule has 24 heavy (non-hydrogen) atoms. The molecule has 0 aliphatic heterocycles. The second-order valence-electron chi connectivity index (χ2n) is 5.85. The molecule has 0 radical (unpaired) electrons. The predicted molar refractivity (Wildman–Crippen MR) is 89.0 cm³/mol. The summed E-state index contributed by atoms with van der Waals surface area (Å²) in [6, 6.07) is 12.5. The number of aryl methyl sites for hydroxylation is 1. The summed E-state index contributed by atoms with van der Waals surface area (Å²) in [7, 11) is -3.54.